The van der Waals surface area contributed by atoms with Gasteiger partial charge in [0.05, 0.1) is 5.52 Å². The quantitative estimate of drug-likeness (QED) is 0.518. The second-order valence-electron chi connectivity index (χ2n) is 6.07. The number of carbonyl (C=O) groups excluding carboxylic acids is 2. The molecule has 1 aromatic heterocycles. The molecule has 0 aliphatic rings. The van der Waals surface area contributed by atoms with Crippen LogP contribution >= 0.6 is 0 Å². The third kappa shape index (κ3) is 3.07. The third-order valence-electron chi connectivity index (χ3n) is 4.31. The molecule has 6 heteroatoms. The van der Waals surface area contributed by atoms with E-state index >= 15 is 0 Å². The predicted molar refractivity (Wildman–Crippen MR) is 105 cm³/mol. The highest BCUT2D eigenvalue weighted by atomic mass is 16.3. The Kier molecular flexibility index (Phi) is 4.51. The maximum atomic E-state index is 12.9. The Balaban J connectivity index is 1.80. The fraction of sp³-hybridized carbons (Fsp3) is 0. The van der Waals surface area contributed by atoms with Crippen molar-refractivity contribution in [1.82, 2.24) is 4.57 Å². The van der Waals surface area contributed by atoms with Crippen LogP contribution in [0.15, 0.2) is 95.2 Å². The van der Waals surface area contributed by atoms with Crippen molar-refractivity contribution in [3.63, 3.8) is 0 Å². The van der Waals surface area contributed by atoms with Crippen molar-refractivity contribution in [2.24, 2.45) is 10.2 Å². The average Bonchev–Trinajstić information content (AvgIpc) is 3.04. The van der Waals surface area contributed by atoms with Crippen molar-refractivity contribution in [2.75, 3.05) is 0 Å². The van der Waals surface area contributed by atoms with Crippen molar-refractivity contribution in [3.8, 4) is 5.88 Å². The molecular formula is C22H15N3O3. The van der Waals surface area contributed by atoms with Gasteiger partial charge in [-0.15, -0.1) is 10.2 Å². The number of nitrogens with zero attached hydrogens (tertiary/aromatic N) is 3. The standard InChI is InChI=1S/C22H15N3O3/c26-20(15-9-3-1-4-10-15)24-23-19-17-13-7-8-14-18(17)25(22(19)28)21(27)16-11-5-2-6-12-16/h1-14,28H. The van der Waals surface area contributed by atoms with Gasteiger partial charge in [-0.25, -0.2) is 4.57 Å². The number of para-hydroxylation sites is 1. The van der Waals surface area contributed by atoms with Crippen molar-refractivity contribution in [3.05, 3.63) is 96.1 Å². The average molecular weight is 369 g/mol. The molecule has 0 spiro atoms. The fourth-order valence-corrected chi connectivity index (χ4v) is 2.96. The van der Waals surface area contributed by atoms with Gasteiger partial charge in [-0.2, -0.15) is 0 Å². The van der Waals surface area contributed by atoms with E-state index in [1.54, 1.807) is 84.9 Å². The Morgan fingerprint density at radius 1 is 0.750 bits per heavy atom. The molecule has 0 aliphatic carbocycles. The van der Waals surface area contributed by atoms with Crippen LogP contribution in [0, 0.1) is 0 Å². The van der Waals surface area contributed by atoms with Gasteiger partial charge in [0.2, 0.25) is 5.88 Å². The van der Waals surface area contributed by atoms with Crippen LogP contribution in [0.4, 0.5) is 5.69 Å². The molecule has 3 aromatic carbocycles. The Morgan fingerprint density at radius 3 is 2.00 bits per heavy atom. The van der Waals surface area contributed by atoms with Gasteiger partial charge in [0.15, 0.2) is 5.69 Å². The number of rotatable bonds is 3. The highest BCUT2D eigenvalue weighted by Crippen LogP contribution is 2.39. The first kappa shape index (κ1) is 17.4. The smallest absolute Gasteiger partial charge is 0.295 e. The summed E-state index contributed by atoms with van der Waals surface area (Å²) in [7, 11) is 0. The number of amides is 1. The summed E-state index contributed by atoms with van der Waals surface area (Å²) in [5.41, 5.74) is 1.36. The maximum Gasteiger partial charge on any atom is 0.295 e. The zero-order chi connectivity index (χ0) is 19.5. The molecule has 0 fully saturated rings. The summed E-state index contributed by atoms with van der Waals surface area (Å²) in [6.45, 7) is 0. The molecule has 136 valence electrons. The van der Waals surface area contributed by atoms with E-state index in [1.807, 2.05) is 0 Å². The van der Waals surface area contributed by atoms with Crippen molar-refractivity contribution < 1.29 is 14.7 Å². The van der Waals surface area contributed by atoms with E-state index < -0.39 is 11.8 Å². The van der Waals surface area contributed by atoms with Gasteiger partial charge in [0.1, 0.15) is 0 Å². The normalized spacial score (nSPS) is 11.1. The number of carbonyl (C=O) groups is 2. The SMILES string of the molecule is O=C(N=Nc1c(O)n(C(=O)c2ccccc2)c2ccccc12)c1ccccc1. The van der Waals surface area contributed by atoms with Gasteiger partial charge in [-0.3, -0.25) is 9.59 Å². The Morgan fingerprint density at radius 2 is 1.32 bits per heavy atom. The summed E-state index contributed by atoms with van der Waals surface area (Å²) < 4.78 is 1.17. The highest BCUT2D eigenvalue weighted by Gasteiger charge is 2.22. The first-order valence-electron chi connectivity index (χ1n) is 8.60. The van der Waals surface area contributed by atoms with Crippen LogP contribution < -0.4 is 0 Å². The molecule has 4 aromatic rings. The second kappa shape index (κ2) is 7.28. The molecule has 6 nitrogen and oxygen atoms in total. The van der Waals surface area contributed by atoms with E-state index in [-0.39, 0.29) is 11.6 Å². The van der Waals surface area contributed by atoms with Crippen LogP contribution in [0.25, 0.3) is 10.9 Å². The first-order chi connectivity index (χ1) is 13.7. The number of aromatic nitrogens is 1. The van der Waals surface area contributed by atoms with Crippen LogP contribution in [-0.4, -0.2) is 21.5 Å². The second-order valence-corrected chi connectivity index (χ2v) is 6.07. The van der Waals surface area contributed by atoms with Crippen LogP contribution in [0.1, 0.15) is 20.7 Å². The Labute approximate surface area is 160 Å². The molecule has 1 heterocycles. The summed E-state index contributed by atoms with van der Waals surface area (Å²) in [6, 6.07) is 24.1. The lowest BCUT2D eigenvalue weighted by atomic mass is 10.2. The minimum absolute atomic E-state index is 0.0733. The summed E-state index contributed by atoms with van der Waals surface area (Å²) in [5.74, 6) is -1.30. The van der Waals surface area contributed by atoms with E-state index in [2.05, 4.69) is 10.2 Å². The van der Waals surface area contributed by atoms with Crippen LogP contribution in [0.2, 0.25) is 0 Å². The van der Waals surface area contributed by atoms with Crippen molar-refractivity contribution >= 4 is 28.4 Å². The topological polar surface area (TPSA) is 84.0 Å². The van der Waals surface area contributed by atoms with Gasteiger partial charge in [-0.1, -0.05) is 54.6 Å². The van der Waals surface area contributed by atoms with E-state index in [0.717, 1.165) is 0 Å². The lowest BCUT2D eigenvalue weighted by Crippen LogP contribution is -2.10. The number of fused-ring (bicyclic) bond motifs is 1. The maximum absolute atomic E-state index is 12.9. The van der Waals surface area contributed by atoms with Crippen LogP contribution in [0.3, 0.4) is 0 Å². The zero-order valence-electron chi connectivity index (χ0n) is 14.7. The van der Waals surface area contributed by atoms with Gasteiger partial charge < -0.3 is 5.11 Å². The fourth-order valence-electron chi connectivity index (χ4n) is 2.96. The van der Waals surface area contributed by atoms with Crippen LogP contribution in [0.5, 0.6) is 5.88 Å². The zero-order valence-corrected chi connectivity index (χ0v) is 14.7. The Hall–Kier alpha value is -4.06. The number of aromatic hydroxyl groups is 1. The largest absolute Gasteiger partial charge is 0.493 e. The number of azo groups is 1. The molecule has 1 amide bonds. The number of benzene rings is 3. The molecule has 4 rings (SSSR count). The van der Waals surface area contributed by atoms with Crippen LogP contribution in [-0.2, 0) is 0 Å². The van der Waals surface area contributed by atoms with E-state index in [1.165, 1.54) is 4.57 Å². The highest BCUT2D eigenvalue weighted by molar-refractivity contribution is 6.08. The molecule has 0 bridgehead atoms. The van der Waals surface area contributed by atoms with Crippen molar-refractivity contribution in [2.45, 2.75) is 0 Å². The molecule has 0 saturated heterocycles. The van der Waals surface area contributed by atoms with E-state index in [4.69, 9.17) is 0 Å². The lowest BCUT2D eigenvalue weighted by Gasteiger charge is -2.05. The van der Waals surface area contributed by atoms with Crippen molar-refractivity contribution in [1.29, 1.82) is 0 Å². The molecule has 0 saturated carbocycles. The van der Waals surface area contributed by atoms with Gasteiger partial charge in [0, 0.05) is 16.5 Å². The molecule has 0 unspecified atom stereocenters. The number of hydrogen-bond donors (Lipinski definition) is 1. The molecule has 28 heavy (non-hydrogen) atoms. The molecule has 1 N–H and O–H groups in total. The monoisotopic (exact) mass is 369 g/mol. The Bertz CT molecular complexity index is 1200. The summed E-state index contributed by atoms with van der Waals surface area (Å²) in [6.07, 6.45) is 0. The summed E-state index contributed by atoms with van der Waals surface area (Å²) in [5, 5.41) is 18.9. The summed E-state index contributed by atoms with van der Waals surface area (Å²) >= 11 is 0. The molecule has 0 radical (unpaired) electrons. The van der Waals surface area contributed by atoms with Gasteiger partial charge in [-0.05, 0) is 30.3 Å². The predicted octanol–water partition coefficient (Wildman–Crippen LogP) is 4.96. The summed E-state index contributed by atoms with van der Waals surface area (Å²) in [4.78, 5) is 25.1. The first-order valence-corrected chi connectivity index (χ1v) is 8.60. The number of hydrogen-bond acceptors (Lipinski definition) is 4. The van der Waals surface area contributed by atoms with Gasteiger partial charge in [0.25, 0.3) is 11.8 Å². The minimum atomic E-state index is -0.536. The van der Waals surface area contributed by atoms with E-state index in [9.17, 15) is 14.7 Å². The van der Waals surface area contributed by atoms with E-state index in [0.29, 0.717) is 22.0 Å². The lowest BCUT2D eigenvalue weighted by molar-refractivity contribution is 0.0956. The third-order valence-corrected chi connectivity index (χ3v) is 4.31. The molecule has 0 aliphatic heterocycles. The molecule has 0 atom stereocenters. The molecular weight excluding hydrogens is 354 g/mol. The minimum Gasteiger partial charge on any atom is -0.493 e. The van der Waals surface area contributed by atoms with Gasteiger partial charge >= 0.3 is 0 Å².